The number of aliphatic imine (C=N–C) groups is 1. The Labute approximate surface area is 216 Å². The Balaban J connectivity index is 0.00000385. The Kier molecular flexibility index (Phi) is 13.2. The van der Waals surface area contributed by atoms with Gasteiger partial charge >= 0.3 is 0 Å². The van der Waals surface area contributed by atoms with E-state index in [9.17, 15) is 0 Å². The van der Waals surface area contributed by atoms with Crippen molar-refractivity contribution in [3.8, 4) is 11.5 Å². The van der Waals surface area contributed by atoms with Crippen molar-refractivity contribution in [1.29, 1.82) is 0 Å². The monoisotopic (exact) mass is 575 g/mol. The van der Waals surface area contributed by atoms with Crippen LogP contribution in [0.2, 0.25) is 0 Å². The number of halogens is 1. The zero-order valence-electron chi connectivity index (χ0n) is 20.5. The van der Waals surface area contributed by atoms with Gasteiger partial charge in [0.25, 0.3) is 0 Å². The van der Waals surface area contributed by atoms with E-state index in [4.69, 9.17) is 18.9 Å². The molecule has 3 rings (SSSR count). The molecule has 1 unspecified atom stereocenters. The minimum atomic E-state index is 0. The molecule has 1 N–H and O–H groups in total. The fourth-order valence-corrected chi connectivity index (χ4v) is 4.39. The molecule has 0 saturated carbocycles. The minimum absolute atomic E-state index is 0. The van der Waals surface area contributed by atoms with E-state index in [1.807, 2.05) is 20.0 Å². The summed E-state index contributed by atoms with van der Waals surface area (Å²) in [5, 5.41) is 3.53. The number of benzene rings is 1. The van der Waals surface area contributed by atoms with Crippen LogP contribution in [0.1, 0.15) is 51.0 Å². The number of nitrogens with one attached hydrogen (secondary N) is 1. The van der Waals surface area contributed by atoms with E-state index >= 15 is 0 Å². The molecule has 8 heteroatoms. The average Bonchev–Trinajstić information content (AvgIpc) is 2.84. The molecule has 0 bridgehead atoms. The lowest BCUT2D eigenvalue weighted by Crippen LogP contribution is -2.47. The second kappa shape index (κ2) is 15.6. The summed E-state index contributed by atoms with van der Waals surface area (Å²) < 4.78 is 23.0. The molecule has 0 aromatic heterocycles. The number of methoxy groups -OCH3 is 1. The third-order valence-electron chi connectivity index (χ3n) is 6.20. The standard InChI is InChI=1S/C25H41N3O4.HI/c1-4-30-24-18-20(10-11-23(24)29-3)8-7-14-27-25(26-2)28-15-12-21(13-16-28)32-19-22-9-5-6-17-31-22;/h10-11,18,21-22H,4-9,12-17,19H2,1-3H3,(H,26,27);1H. The van der Waals surface area contributed by atoms with E-state index in [1.54, 1.807) is 7.11 Å². The van der Waals surface area contributed by atoms with Crippen molar-refractivity contribution in [1.82, 2.24) is 10.2 Å². The minimum Gasteiger partial charge on any atom is -0.493 e. The number of piperidine rings is 1. The molecule has 1 aromatic rings. The molecule has 1 aromatic carbocycles. The normalized spacial score (nSPS) is 19.7. The van der Waals surface area contributed by atoms with Crippen LogP contribution in [0.5, 0.6) is 11.5 Å². The summed E-state index contributed by atoms with van der Waals surface area (Å²) in [6, 6.07) is 6.18. The number of hydrogen-bond donors (Lipinski definition) is 1. The Morgan fingerprint density at radius 2 is 2.00 bits per heavy atom. The summed E-state index contributed by atoms with van der Waals surface area (Å²) in [6.45, 7) is 7.10. The largest absolute Gasteiger partial charge is 0.493 e. The molecule has 2 aliphatic heterocycles. The maximum absolute atomic E-state index is 6.14. The van der Waals surface area contributed by atoms with Gasteiger partial charge in [0.15, 0.2) is 17.5 Å². The highest BCUT2D eigenvalue weighted by atomic mass is 127. The lowest BCUT2D eigenvalue weighted by atomic mass is 10.1. The van der Waals surface area contributed by atoms with Crippen molar-refractivity contribution in [2.45, 2.75) is 64.1 Å². The van der Waals surface area contributed by atoms with Crippen molar-refractivity contribution in [2.24, 2.45) is 4.99 Å². The molecular weight excluding hydrogens is 533 g/mol. The van der Waals surface area contributed by atoms with Crippen LogP contribution in [0.3, 0.4) is 0 Å². The Bertz CT molecular complexity index is 705. The first-order chi connectivity index (χ1) is 15.7. The third kappa shape index (κ3) is 9.13. The molecule has 2 aliphatic rings. The number of rotatable bonds is 10. The van der Waals surface area contributed by atoms with Crippen molar-refractivity contribution < 1.29 is 18.9 Å². The van der Waals surface area contributed by atoms with Crippen LogP contribution in [-0.2, 0) is 15.9 Å². The summed E-state index contributed by atoms with van der Waals surface area (Å²) >= 11 is 0. The van der Waals surface area contributed by atoms with Crippen LogP contribution >= 0.6 is 24.0 Å². The summed E-state index contributed by atoms with van der Waals surface area (Å²) in [4.78, 5) is 6.84. The molecule has 0 amide bonds. The van der Waals surface area contributed by atoms with Gasteiger partial charge < -0.3 is 29.2 Å². The van der Waals surface area contributed by atoms with Crippen molar-refractivity contribution in [3.63, 3.8) is 0 Å². The smallest absolute Gasteiger partial charge is 0.193 e. The van der Waals surface area contributed by atoms with Gasteiger partial charge in [-0.3, -0.25) is 4.99 Å². The van der Waals surface area contributed by atoms with Crippen LogP contribution in [0.4, 0.5) is 0 Å². The molecule has 2 saturated heterocycles. The van der Waals surface area contributed by atoms with Crippen LogP contribution in [-0.4, -0.2) is 76.7 Å². The molecule has 0 aliphatic carbocycles. The van der Waals surface area contributed by atoms with Crippen LogP contribution < -0.4 is 14.8 Å². The van der Waals surface area contributed by atoms with Crippen LogP contribution in [0.25, 0.3) is 0 Å². The van der Waals surface area contributed by atoms with Gasteiger partial charge in [-0.25, -0.2) is 0 Å². The number of nitrogens with zero attached hydrogens (tertiary/aromatic N) is 2. The van der Waals surface area contributed by atoms with E-state index in [0.29, 0.717) is 18.8 Å². The van der Waals surface area contributed by atoms with E-state index in [1.165, 1.54) is 18.4 Å². The van der Waals surface area contributed by atoms with Crippen molar-refractivity contribution in [2.75, 3.05) is 53.6 Å². The topological polar surface area (TPSA) is 64.6 Å². The zero-order valence-corrected chi connectivity index (χ0v) is 22.8. The van der Waals surface area contributed by atoms with Gasteiger partial charge in [0.2, 0.25) is 0 Å². The highest BCUT2D eigenvalue weighted by molar-refractivity contribution is 14.0. The molecule has 2 fully saturated rings. The number of aryl methyl sites for hydroxylation is 1. The van der Waals surface area contributed by atoms with Gasteiger partial charge in [-0.2, -0.15) is 0 Å². The van der Waals surface area contributed by atoms with Gasteiger partial charge in [0.05, 0.1) is 32.5 Å². The number of guanidine groups is 1. The highest BCUT2D eigenvalue weighted by Gasteiger charge is 2.23. The van der Waals surface area contributed by atoms with Crippen molar-refractivity contribution >= 4 is 29.9 Å². The highest BCUT2D eigenvalue weighted by Crippen LogP contribution is 2.28. The lowest BCUT2D eigenvalue weighted by Gasteiger charge is -2.35. The molecule has 0 radical (unpaired) electrons. The number of ether oxygens (including phenoxy) is 4. The van der Waals surface area contributed by atoms with Gasteiger partial charge in [0, 0.05) is 33.3 Å². The first-order valence-electron chi connectivity index (χ1n) is 12.2. The fourth-order valence-electron chi connectivity index (χ4n) is 4.39. The lowest BCUT2D eigenvalue weighted by molar-refractivity contribution is -0.0721. The summed E-state index contributed by atoms with van der Waals surface area (Å²) in [5.41, 5.74) is 1.26. The Morgan fingerprint density at radius 3 is 2.67 bits per heavy atom. The Hall–Kier alpha value is -1.26. The van der Waals surface area contributed by atoms with Gasteiger partial charge in [-0.15, -0.1) is 24.0 Å². The maximum atomic E-state index is 6.14. The first-order valence-corrected chi connectivity index (χ1v) is 12.2. The zero-order chi connectivity index (χ0) is 22.6. The number of likely N-dealkylation sites (tertiary alicyclic amines) is 1. The SMILES string of the molecule is CCOc1cc(CCCNC(=NC)N2CCC(OCC3CCCCO3)CC2)ccc1OC.I. The van der Waals surface area contributed by atoms with E-state index in [0.717, 1.165) is 82.4 Å². The molecular formula is C25H42IN3O4. The van der Waals surface area contributed by atoms with E-state index in [2.05, 4.69) is 27.3 Å². The Morgan fingerprint density at radius 1 is 1.18 bits per heavy atom. The summed E-state index contributed by atoms with van der Waals surface area (Å²) in [7, 11) is 3.54. The average molecular weight is 576 g/mol. The number of hydrogen-bond acceptors (Lipinski definition) is 5. The molecule has 0 spiro atoms. The van der Waals surface area contributed by atoms with Crippen molar-refractivity contribution in [3.05, 3.63) is 23.8 Å². The maximum Gasteiger partial charge on any atom is 0.193 e. The first kappa shape index (κ1) is 28.0. The molecule has 188 valence electrons. The van der Waals surface area contributed by atoms with Crippen LogP contribution in [0.15, 0.2) is 23.2 Å². The molecule has 33 heavy (non-hydrogen) atoms. The van der Waals surface area contributed by atoms with Gasteiger partial charge in [-0.05, 0) is 69.6 Å². The van der Waals surface area contributed by atoms with Crippen LogP contribution in [0, 0.1) is 0 Å². The third-order valence-corrected chi connectivity index (χ3v) is 6.20. The van der Waals surface area contributed by atoms with Gasteiger partial charge in [-0.1, -0.05) is 6.07 Å². The predicted octanol–water partition coefficient (Wildman–Crippen LogP) is 4.27. The summed E-state index contributed by atoms with van der Waals surface area (Å²) in [6.07, 6.45) is 8.31. The molecule has 2 heterocycles. The van der Waals surface area contributed by atoms with E-state index < -0.39 is 0 Å². The fraction of sp³-hybridized carbons (Fsp3) is 0.720. The molecule has 1 atom stereocenters. The predicted molar refractivity (Wildman–Crippen MR) is 143 cm³/mol. The van der Waals surface area contributed by atoms with Gasteiger partial charge in [0.1, 0.15) is 0 Å². The molecule has 7 nitrogen and oxygen atoms in total. The summed E-state index contributed by atoms with van der Waals surface area (Å²) in [5.74, 6) is 2.59. The van der Waals surface area contributed by atoms with E-state index in [-0.39, 0.29) is 24.0 Å². The second-order valence-corrected chi connectivity index (χ2v) is 8.50. The quantitative estimate of drug-likeness (QED) is 0.195. The second-order valence-electron chi connectivity index (χ2n) is 8.50.